The van der Waals surface area contributed by atoms with Crippen molar-refractivity contribution in [3.05, 3.63) is 46.7 Å². The number of hydrogen-bond acceptors (Lipinski definition) is 7. The normalized spacial score (nSPS) is 15.6. The van der Waals surface area contributed by atoms with Crippen LogP contribution in [0.15, 0.2) is 30.6 Å². The van der Waals surface area contributed by atoms with Gasteiger partial charge in [0.15, 0.2) is 11.4 Å². The Bertz CT molecular complexity index is 1930. The van der Waals surface area contributed by atoms with Crippen molar-refractivity contribution in [1.82, 2.24) is 24.5 Å². The molecule has 1 saturated carbocycles. The van der Waals surface area contributed by atoms with Crippen molar-refractivity contribution in [2.75, 3.05) is 7.05 Å². The minimum Gasteiger partial charge on any atom is -0.355 e. The summed E-state index contributed by atoms with van der Waals surface area (Å²) < 4.78 is 190. The van der Waals surface area contributed by atoms with E-state index in [2.05, 4.69) is 14.4 Å². The van der Waals surface area contributed by atoms with Gasteiger partial charge in [0.05, 0.1) is 22.9 Å². The summed E-state index contributed by atoms with van der Waals surface area (Å²) in [5.74, 6) is -20.0. The maximum absolute atomic E-state index is 14.2. The van der Waals surface area contributed by atoms with Crippen LogP contribution in [0, 0.1) is 11.3 Å². The van der Waals surface area contributed by atoms with E-state index in [1.165, 1.54) is 25.2 Å². The Hall–Kier alpha value is -4.20. The van der Waals surface area contributed by atoms with Crippen molar-refractivity contribution in [1.29, 1.82) is 5.26 Å². The smallest absolute Gasteiger partial charge is 0.355 e. The number of carbonyl (C=O) groups excluding carboxylic acids is 1. The molecule has 1 aliphatic rings. The number of benzene rings is 1. The number of aryl methyl sites for hydroxylation is 1. The van der Waals surface area contributed by atoms with Crippen LogP contribution < -0.4 is 4.18 Å². The van der Waals surface area contributed by atoms with Crippen LogP contribution in [0.2, 0.25) is 5.02 Å². The highest BCUT2D eigenvalue weighted by molar-refractivity contribution is 7.88. The van der Waals surface area contributed by atoms with E-state index in [1.807, 2.05) is 6.07 Å². The summed E-state index contributed by atoms with van der Waals surface area (Å²) in [6.07, 6.45) is -10.8. The molecule has 2 heterocycles. The van der Waals surface area contributed by atoms with E-state index in [4.69, 9.17) is 11.6 Å². The molecule has 1 fully saturated rings. The van der Waals surface area contributed by atoms with Gasteiger partial charge in [-0.25, -0.2) is 9.36 Å². The number of hydrogen-bond donors (Lipinski definition) is 0. The summed E-state index contributed by atoms with van der Waals surface area (Å²) in [5.41, 5.74) is -3.62. The second kappa shape index (κ2) is 11.2. The Balaban J connectivity index is 1.76. The van der Waals surface area contributed by atoms with Crippen molar-refractivity contribution in [3.63, 3.8) is 0 Å². The van der Waals surface area contributed by atoms with E-state index >= 15 is 0 Å². The molecule has 1 aromatic carbocycles. The fourth-order valence-electron chi connectivity index (χ4n) is 4.21. The molecule has 0 unspecified atom stereocenters. The van der Waals surface area contributed by atoms with Gasteiger partial charge in [0.25, 0.3) is 11.8 Å². The minimum absolute atomic E-state index is 0.0743. The van der Waals surface area contributed by atoms with Gasteiger partial charge in [-0.15, -0.1) is 5.10 Å². The summed E-state index contributed by atoms with van der Waals surface area (Å²) in [6.45, 7) is 0. The lowest BCUT2D eigenvalue weighted by Crippen LogP contribution is -2.63. The molecule has 2 aromatic heterocycles. The molecule has 10 nitrogen and oxygen atoms in total. The fraction of sp³-hybridized carbons (Fsp3) is 0.417. The maximum Gasteiger partial charge on any atom is 0.460 e. The molecule has 1 aliphatic carbocycles. The maximum atomic E-state index is 14.2. The van der Waals surface area contributed by atoms with E-state index in [0.717, 1.165) is 17.3 Å². The molecule has 262 valence electrons. The van der Waals surface area contributed by atoms with Crippen LogP contribution in [0.5, 0.6) is 5.88 Å². The molecule has 24 heteroatoms. The third-order valence-corrected chi connectivity index (χ3v) is 8.69. The van der Waals surface area contributed by atoms with E-state index in [9.17, 15) is 71.2 Å². The first kappa shape index (κ1) is 36.6. The molecule has 0 atom stereocenters. The number of amides is 1. The average Bonchev–Trinajstić information content (AvgIpc) is 3.48. The summed E-state index contributed by atoms with van der Waals surface area (Å²) in [4.78, 5) is 14.2. The lowest BCUT2D eigenvalue weighted by Gasteiger charge is -2.32. The zero-order valence-electron chi connectivity index (χ0n) is 23.4. The van der Waals surface area contributed by atoms with Crippen LogP contribution in [0.3, 0.4) is 0 Å². The van der Waals surface area contributed by atoms with Crippen LogP contribution >= 0.6 is 11.6 Å². The molecule has 0 saturated heterocycles. The quantitative estimate of drug-likeness (QED) is 0.189. The molecule has 0 bridgehead atoms. The van der Waals surface area contributed by atoms with Crippen molar-refractivity contribution in [2.45, 2.75) is 47.8 Å². The van der Waals surface area contributed by atoms with Gasteiger partial charge in [-0.2, -0.15) is 71.5 Å². The largest absolute Gasteiger partial charge is 0.460 e. The Labute approximate surface area is 265 Å². The monoisotopic (exact) mass is 746 g/mol. The molecule has 0 radical (unpaired) electrons. The Morgan fingerprint density at radius 1 is 1.02 bits per heavy atom. The van der Waals surface area contributed by atoms with E-state index in [0.29, 0.717) is 24.6 Å². The standard InChI is InChI=1S/C24H15ClF12N6O4S/c1-41(19(10-38)5-6-19)18(44)13-7-11(3-4-14(13)25)12-8-39-43(9-12)17-15(20(26,27)28)16(40-42(17)2)47-48(45,46)24(36,37)22(31,32)21(29,30)23(33,34)35/h3-4,7-9H,5-6H2,1-2H3. The average molecular weight is 747 g/mol. The van der Waals surface area contributed by atoms with E-state index in [-0.39, 0.29) is 26.4 Å². The number of rotatable bonds is 9. The van der Waals surface area contributed by atoms with Gasteiger partial charge in [0.1, 0.15) is 5.54 Å². The van der Waals surface area contributed by atoms with Gasteiger partial charge in [-0.05, 0) is 30.5 Å². The molecule has 48 heavy (non-hydrogen) atoms. The zero-order valence-corrected chi connectivity index (χ0v) is 25.0. The van der Waals surface area contributed by atoms with Gasteiger partial charge >= 0.3 is 39.6 Å². The number of nitrogens with zero attached hydrogens (tertiary/aromatic N) is 6. The number of carbonyl (C=O) groups is 1. The molecule has 4 rings (SSSR count). The SMILES string of the molecule is CN(C(=O)c1cc(-c2cnn(-c3c(C(F)(F)F)c(OS(=O)(=O)C(F)(F)C(F)(F)C(F)(F)C(F)(F)F)nn3C)c2)ccc1Cl)C1(C#N)CC1. The second-order valence-corrected chi connectivity index (χ2v) is 12.2. The van der Waals surface area contributed by atoms with Crippen LogP contribution in [-0.2, 0) is 23.3 Å². The number of nitriles is 1. The topological polar surface area (TPSA) is 123 Å². The van der Waals surface area contributed by atoms with Gasteiger partial charge in [-0.3, -0.25) is 4.79 Å². The number of aromatic nitrogens is 4. The van der Waals surface area contributed by atoms with Crippen LogP contribution in [0.1, 0.15) is 28.8 Å². The Kier molecular flexibility index (Phi) is 8.53. The molecule has 0 aliphatic heterocycles. The molecular formula is C24H15ClF12N6O4S. The van der Waals surface area contributed by atoms with Crippen molar-refractivity contribution in [2.24, 2.45) is 7.05 Å². The van der Waals surface area contributed by atoms with Crippen molar-refractivity contribution in [3.8, 4) is 28.9 Å². The summed E-state index contributed by atoms with van der Waals surface area (Å²) >= 11 is 6.14. The zero-order chi connectivity index (χ0) is 36.6. The predicted molar refractivity (Wildman–Crippen MR) is 136 cm³/mol. The van der Waals surface area contributed by atoms with Crippen LogP contribution in [0.4, 0.5) is 52.7 Å². The highest BCUT2D eigenvalue weighted by atomic mass is 35.5. The van der Waals surface area contributed by atoms with Crippen LogP contribution in [-0.4, -0.2) is 74.6 Å². The third-order valence-electron chi connectivity index (χ3n) is 7.09. The Morgan fingerprint density at radius 3 is 2.10 bits per heavy atom. The number of halogens is 13. The fourth-order valence-corrected chi connectivity index (χ4v) is 5.28. The first-order valence-electron chi connectivity index (χ1n) is 12.5. The molecule has 0 spiro atoms. The van der Waals surface area contributed by atoms with Gasteiger partial charge in [0.2, 0.25) is 0 Å². The van der Waals surface area contributed by atoms with Crippen LogP contribution in [0.25, 0.3) is 16.9 Å². The van der Waals surface area contributed by atoms with Gasteiger partial charge in [0, 0.05) is 25.9 Å². The highest BCUT2D eigenvalue weighted by Crippen LogP contribution is 2.55. The van der Waals surface area contributed by atoms with Gasteiger partial charge in [-0.1, -0.05) is 17.7 Å². The summed E-state index contributed by atoms with van der Waals surface area (Å²) in [5, 5.41) is 8.35. The lowest BCUT2D eigenvalue weighted by atomic mass is 10.0. The lowest BCUT2D eigenvalue weighted by molar-refractivity contribution is -0.382. The summed E-state index contributed by atoms with van der Waals surface area (Å²) in [6, 6.07) is 5.69. The molecule has 1 amide bonds. The molecule has 3 aromatic rings. The second-order valence-electron chi connectivity index (χ2n) is 10.2. The van der Waals surface area contributed by atoms with E-state index in [1.54, 1.807) is 0 Å². The van der Waals surface area contributed by atoms with Gasteiger partial charge < -0.3 is 9.08 Å². The first-order chi connectivity index (χ1) is 21.7. The minimum atomic E-state index is -7.79. The third kappa shape index (κ3) is 5.67. The molecule has 0 N–H and O–H groups in total. The summed E-state index contributed by atoms with van der Waals surface area (Å²) in [7, 11) is -5.82. The molecular weight excluding hydrogens is 732 g/mol. The highest BCUT2D eigenvalue weighted by Gasteiger charge is 2.86. The Morgan fingerprint density at radius 2 is 1.60 bits per heavy atom. The number of alkyl halides is 12. The first-order valence-corrected chi connectivity index (χ1v) is 14.3. The van der Waals surface area contributed by atoms with Crippen molar-refractivity contribution >= 4 is 27.6 Å². The van der Waals surface area contributed by atoms with E-state index < -0.39 is 68.3 Å². The van der Waals surface area contributed by atoms with Crippen molar-refractivity contribution < 1.29 is 70.1 Å². The predicted octanol–water partition coefficient (Wildman–Crippen LogP) is 6.21.